The van der Waals surface area contributed by atoms with E-state index in [-0.39, 0.29) is 5.78 Å². The summed E-state index contributed by atoms with van der Waals surface area (Å²) in [6.45, 7) is 2.38. The van der Waals surface area contributed by atoms with Crippen LogP contribution in [0.3, 0.4) is 0 Å². The normalized spacial score (nSPS) is 10.2. The highest BCUT2D eigenvalue weighted by Gasteiger charge is 2.06. The fourth-order valence-corrected chi connectivity index (χ4v) is 2.18. The number of hydrogen-bond acceptors (Lipinski definition) is 4. The number of rotatable bonds is 5. The number of carbonyl (C=O) groups excluding carboxylic acids is 1. The Kier molecular flexibility index (Phi) is 3.88. The lowest BCUT2D eigenvalue weighted by Gasteiger charge is -2.01. The number of ketones is 1. The molecule has 1 aromatic carbocycles. The zero-order chi connectivity index (χ0) is 12.1. The average molecular weight is 246 g/mol. The van der Waals surface area contributed by atoms with Gasteiger partial charge in [-0.2, -0.15) is 0 Å². The SMILES string of the molecule is CCc1cnc(NCC(=O)c2ccccc2)s1. The summed E-state index contributed by atoms with van der Waals surface area (Å²) in [6, 6.07) is 9.28. The van der Waals surface area contributed by atoms with Gasteiger partial charge in [-0.15, -0.1) is 11.3 Å². The summed E-state index contributed by atoms with van der Waals surface area (Å²) in [5, 5.41) is 3.87. The summed E-state index contributed by atoms with van der Waals surface area (Å²) in [5.41, 5.74) is 0.729. The largest absolute Gasteiger partial charge is 0.354 e. The smallest absolute Gasteiger partial charge is 0.183 e. The second-order valence-electron chi connectivity index (χ2n) is 3.63. The van der Waals surface area contributed by atoms with Gasteiger partial charge in [0.2, 0.25) is 0 Å². The minimum absolute atomic E-state index is 0.0823. The molecule has 0 atom stereocenters. The molecule has 1 N–H and O–H groups in total. The van der Waals surface area contributed by atoms with Crippen molar-refractivity contribution in [2.24, 2.45) is 0 Å². The fourth-order valence-electron chi connectivity index (χ4n) is 1.43. The molecule has 2 aromatic rings. The molecular weight excluding hydrogens is 232 g/mol. The van der Waals surface area contributed by atoms with Gasteiger partial charge in [0.05, 0.1) is 6.54 Å². The van der Waals surface area contributed by atoms with E-state index in [9.17, 15) is 4.79 Å². The fraction of sp³-hybridized carbons (Fsp3) is 0.231. The minimum atomic E-state index is 0.0823. The Morgan fingerprint density at radius 1 is 1.35 bits per heavy atom. The van der Waals surface area contributed by atoms with Crippen molar-refractivity contribution in [3.05, 3.63) is 47.0 Å². The van der Waals surface area contributed by atoms with Crippen LogP contribution in [0.2, 0.25) is 0 Å². The number of thiazole rings is 1. The van der Waals surface area contributed by atoms with Gasteiger partial charge in [-0.1, -0.05) is 37.3 Å². The molecule has 0 spiro atoms. The molecule has 0 saturated heterocycles. The first-order chi connectivity index (χ1) is 8.29. The van der Waals surface area contributed by atoms with Crippen LogP contribution >= 0.6 is 11.3 Å². The molecule has 0 bridgehead atoms. The lowest BCUT2D eigenvalue weighted by Crippen LogP contribution is -2.13. The van der Waals surface area contributed by atoms with Crippen LogP contribution < -0.4 is 5.32 Å². The Labute approximate surface area is 105 Å². The van der Waals surface area contributed by atoms with E-state index >= 15 is 0 Å². The molecule has 0 saturated carbocycles. The lowest BCUT2D eigenvalue weighted by molar-refractivity contribution is 0.101. The van der Waals surface area contributed by atoms with E-state index < -0.39 is 0 Å². The molecule has 1 aromatic heterocycles. The molecule has 1 heterocycles. The van der Waals surface area contributed by atoms with Crippen LogP contribution in [0.4, 0.5) is 5.13 Å². The van der Waals surface area contributed by atoms with Crippen LogP contribution in [0.1, 0.15) is 22.2 Å². The van der Waals surface area contributed by atoms with Crippen LogP contribution in [-0.4, -0.2) is 17.3 Å². The van der Waals surface area contributed by atoms with E-state index in [0.717, 1.165) is 17.1 Å². The Hall–Kier alpha value is -1.68. The molecule has 0 unspecified atom stereocenters. The number of carbonyl (C=O) groups is 1. The van der Waals surface area contributed by atoms with Crippen molar-refractivity contribution in [2.45, 2.75) is 13.3 Å². The third-order valence-electron chi connectivity index (χ3n) is 2.40. The number of aromatic nitrogens is 1. The van der Waals surface area contributed by atoms with Crippen molar-refractivity contribution in [1.82, 2.24) is 4.98 Å². The number of nitrogens with zero attached hydrogens (tertiary/aromatic N) is 1. The quantitative estimate of drug-likeness (QED) is 0.825. The van der Waals surface area contributed by atoms with Crippen LogP contribution in [-0.2, 0) is 6.42 Å². The minimum Gasteiger partial charge on any atom is -0.354 e. The molecule has 2 rings (SSSR count). The lowest BCUT2D eigenvalue weighted by atomic mass is 10.1. The van der Waals surface area contributed by atoms with E-state index in [2.05, 4.69) is 17.2 Å². The van der Waals surface area contributed by atoms with Crippen LogP contribution in [0, 0.1) is 0 Å². The summed E-state index contributed by atoms with van der Waals surface area (Å²) >= 11 is 1.60. The molecule has 0 aliphatic heterocycles. The van der Waals surface area contributed by atoms with E-state index in [0.29, 0.717) is 6.54 Å². The molecule has 3 nitrogen and oxygen atoms in total. The summed E-state index contributed by atoms with van der Waals surface area (Å²) in [6.07, 6.45) is 2.83. The first-order valence-corrected chi connectivity index (χ1v) is 6.38. The monoisotopic (exact) mass is 246 g/mol. The average Bonchev–Trinajstić information content (AvgIpc) is 2.85. The van der Waals surface area contributed by atoms with Crippen molar-refractivity contribution in [2.75, 3.05) is 11.9 Å². The summed E-state index contributed by atoms with van der Waals surface area (Å²) in [4.78, 5) is 17.2. The summed E-state index contributed by atoms with van der Waals surface area (Å²) < 4.78 is 0. The van der Waals surface area contributed by atoms with Crippen molar-refractivity contribution in [3.63, 3.8) is 0 Å². The predicted molar refractivity (Wildman–Crippen MR) is 70.8 cm³/mol. The van der Waals surface area contributed by atoms with Crippen LogP contribution in [0.5, 0.6) is 0 Å². The summed E-state index contributed by atoms with van der Waals surface area (Å²) in [7, 11) is 0. The molecule has 0 amide bonds. The van der Waals surface area contributed by atoms with Gasteiger partial charge in [0.1, 0.15) is 0 Å². The molecule has 0 aliphatic carbocycles. The number of benzene rings is 1. The zero-order valence-electron chi connectivity index (χ0n) is 9.64. The molecule has 0 radical (unpaired) electrons. The maximum absolute atomic E-state index is 11.8. The van der Waals surface area contributed by atoms with Crippen LogP contribution in [0.25, 0.3) is 0 Å². The molecule has 0 fully saturated rings. The number of hydrogen-bond donors (Lipinski definition) is 1. The highest BCUT2D eigenvalue weighted by Crippen LogP contribution is 2.18. The van der Waals surface area contributed by atoms with Crippen molar-refractivity contribution in [3.8, 4) is 0 Å². The highest BCUT2D eigenvalue weighted by atomic mass is 32.1. The van der Waals surface area contributed by atoms with E-state index in [4.69, 9.17) is 0 Å². The third kappa shape index (κ3) is 3.14. The van der Waals surface area contributed by atoms with Gasteiger partial charge in [0.15, 0.2) is 10.9 Å². The topological polar surface area (TPSA) is 42.0 Å². The standard InChI is InChI=1S/C13H14N2OS/c1-2-11-8-14-13(17-11)15-9-12(16)10-6-4-3-5-7-10/h3-8H,2,9H2,1H3,(H,14,15). The van der Waals surface area contributed by atoms with E-state index in [1.807, 2.05) is 36.5 Å². The van der Waals surface area contributed by atoms with Gasteiger partial charge < -0.3 is 5.32 Å². The summed E-state index contributed by atoms with van der Waals surface area (Å²) in [5.74, 6) is 0.0823. The molecule has 0 aliphatic rings. The number of Topliss-reactive ketones (excluding diaryl/α,β-unsaturated/α-hetero) is 1. The Bertz CT molecular complexity index is 493. The van der Waals surface area contributed by atoms with Crippen LogP contribution in [0.15, 0.2) is 36.5 Å². The molecular formula is C13H14N2OS. The Morgan fingerprint density at radius 3 is 2.76 bits per heavy atom. The maximum Gasteiger partial charge on any atom is 0.183 e. The molecule has 88 valence electrons. The Morgan fingerprint density at radius 2 is 2.12 bits per heavy atom. The second-order valence-corrected chi connectivity index (χ2v) is 4.74. The van der Waals surface area contributed by atoms with Gasteiger partial charge in [0.25, 0.3) is 0 Å². The van der Waals surface area contributed by atoms with Gasteiger partial charge in [-0.25, -0.2) is 4.98 Å². The molecule has 4 heteroatoms. The number of anilines is 1. The first kappa shape index (κ1) is 11.8. The van der Waals surface area contributed by atoms with Gasteiger partial charge >= 0.3 is 0 Å². The van der Waals surface area contributed by atoms with Crippen molar-refractivity contribution < 1.29 is 4.79 Å². The van der Waals surface area contributed by atoms with Gasteiger partial charge in [-0.05, 0) is 6.42 Å². The van der Waals surface area contributed by atoms with Gasteiger partial charge in [-0.3, -0.25) is 4.79 Å². The number of aryl methyl sites for hydroxylation is 1. The Balaban J connectivity index is 1.92. The van der Waals surface area contributed by atoms with E-state index in [1.165, 1.54) is 4.88 Å². The second kappa shape index (κ2) is 5.59. The zero-order valence-corrected chi connectivity index (χ0v) is 10.5. The van der Waals surface area contributed by atoms with Gasteiger partial charge in [0, 0.05) is 16.6 Å². The first-order valence-electron chi connectivity index (χ1n) is 5.56. The maximum atomic E-state index is 11.8. The van der Waals surface area contributed by atoms with E-state index in [1.54, 1.807) is 11.3 Å². The third-order valence-corrected chi connectivity index (χ3v) is 3.50. The number of nitrogens with one attached hydrogen (secondary N) is 1. The van der Waals surface area contributed by atoms with Crippen molar-refractivity contribution >= 4 is 22.3 Å². The molecule has 17 heavy (non-hydrogen) atoms. The predicted octanol–water partition coefficient (Wildman–Crippen LogP) is 3.00. The van der Waals surface area contributed by atoms with Crippen molar-refractivity contribution in [1.29, 1.82) is 0 Å². The highest BCUT2D eigenvalue weighted by molar-refractivity contribution is 7.15.